The average Bonchev–Trinajstić information content (AvgIpc) is 2.04. The van der Waals surface area contributed by atoms with E-state index in [-0.39, 0.29) is 24.8 Å². The van der Waals surface area contributed by atoms with Crippen molar-refractivity contribution in [3.63, 3.8) is 0 Å². The molecule has 1 aromatic rings. The van der Waals surface area contributed by atoms with Gasteiger partial charge in [-0.1, -0.05) is 0 Å². The molecule has 0 amide bonds. The predicted molar refractivity (Wildman–Crippen MR) is 61.8 cm³/mol. The normalized spacial score (nSPS) is 13.6. The first-order chi connectivity index (χ1) is 5.36. The summed E-state index contributed by atoms with van der Waals surface area (Å²) in [4.78, 5) is 4.33. The standard InChI is InChI=1S/C8H9BrN2.2ClH/c9-7-3-6-4-10-2-1-8(6)11-5-7;;/h3,5,10H,1-2,4H2;2*1H. The molecule has 0 saturated carbocycles. The van der Waals surface area contributed by atoms with E-state index >= 15 is 0 Å². The summed E-state index contributed by atoms with van der Waals surface area (Å²) < 4.78 is 1.07. The van der Waals surface area contributed by atoms with Crippen LogP contribution in [0, 0.1) is 0 Å². The molecule has 74 valence electrons. The molecule has 0 unspecified atom stereocenters. The van der Waals surface area contributed by atoms with Crippen molar-refractivity contribution in [2.45, 2.75) is 13.0 Å². The Morgan fingerprint density at radius 3 is 2.92 bits per heavy atom. The Balaban J connectivity index is 0.000000720. The van der Waals surface area contributed by atoms with Gasteiger partial charge in [-0.25, -0.2) is 0 Å². The van der Waals surface area contributed by atoms with Crippen LogP contribution in [0.15, 0.2) is 16.7 Å². The fourth-order valence-electron chi connectivity index (χ4n) is 1.32. The van der Waals surface area contributed by atoms with E-state index in [2.05, 4.69) is 32.3 Å². The first kappa shape index (κ1) is 13.2. The van der Waals surface area contributed by atoms with Crippen molar-refractivity contribution in [3.8, 4) is 0 Å². The van der Waals surface area contributed by atoms with Crippen LogP contribution in [0.4, 0.5) is 0 Å². The van der Waals surface area contributed by atoms with E-state index in [1.165, 1.54) is 11.3 Å². The maximum atomic E-state index is 4.33. The molecule has 1 aliphatic rings. The van der Waals surface area contributed by atoms with Gasteiger partial charge in [0, 0.05) is 35.9 Å². The summed E-state index contributed by atoms with van der Waals surface area (Å²) in [5, 5.41) is 3.31. The number of fused-ring (bicyclic) bond motifs is 1. The van der Waals surface area contributed by atoms with Crippen molar-refractivity contribution in [2.75, 3.05) is 6.54 Å². The van der Waals surface area contributed by atoms with Gasteiger partial charge in [0.25, 0.3) is 0 Å². The van der Waals surface area contributed by atoms with Gasteiger partial charge in [-0.2, -0.15) is 0 Å². The molecule has 0 fully saturated rings. The lowest BCUT2D eigenvalue weighted by Crippen LogP contribution is -2.24. The number of pyridine rings is 1. The largest absolute Gasteiger partial charge is 0.312 e. The highest BCUT2D eigenvalue weighted by molar-refractivity contribution is 9.10. The van der Waals surface area contributed by atoms with Gasteiger partial charge in [0.2, 0.25) is 0 Å². The number of nitrogens with one attached hydrogen (secondary N) is 1. The van der Waals surface area contributed by atoms with Crippen LogP contribution in [0.2, 0.25) is 0 Å². The summed E-state index contributed by atoms with van der Waals surface area (Å²) in [6, 6.07) is 2.13. The van der Waals surface area contributed by atoms with Gasteiger partial charge in [0.05, 0.1) is 0 Å². The number of aromatic nitrogens is 1. The van der Waals surface area contributed by atoms with Crippen molar-refractivity contribution in [3.05, 3.63) is 28.0 Å². The smallest absolute Gasteiger partial charge is 0.0462 e. The highest BCUT2D eigenvalue weighted by Gasteiger charge is 2.08. The lowest BCUT2D eigenvalue weighted by atomic mass is 10.1. The Hall–Kier alpha value is 0.170. The van der Waals surface area contributed by atoms with E-state index < -0.39 is 0 Å². The third-order valence-electron chi connectivity index (χ3n) is 1.88. The molecule has 2 rings (SSSR count). The maximum absolute atomic E-state index is 4.33. The van der Waals surface area contributed by atoms with Gasteiger partial charge in [0.15, 0.2) is 0 Å². The SMILES string of the molecule is Brc1cnc2c(c1)CNCC2.Cl.Cl. The van der Waals surface area contributed by atoms with Crippen LogP contribution in [0.1, 0.15) is 11.3 Å². The van der Waals surface area contributed by atoms with Crippen LogP contribution in [0.5, 0.6) is 0 Å². The molecule has 0 saturated heterocycles. The minimum absolute atomic E-state index is 0. The highest BCUT2D eigenvalue weighted by atomic mass is 79.9. The van der Waals surface area contributed by atoms with Gasteiger partial charge in [-0.15, -0.1) is 24.8 Å². The molecule has 1 N–H and O–H groups in total. The molecule has 2 heterocycles. The van der Waals surface area contributed by atoms with Gasteiger partial charge in [-0.05, 0) is 27.6 Å². The molecule has 0 atom stereocenters. The summed E-state index contributed by atoms with van der Waals surface area (Å²) in [5.41, 5.74) is 2.57. The lowest BCUT2D eigenvalue weighted by molar-refractivity contribution is 0.629. The Kier molecular flexibility index (Phi) is 5.88. The molecule has 2 nitrogen and oxygen atoms in total. The van der Waals surface area contributed by atoms with Crippen molar-refractivity contribution < 1.29 is 0 Å². The van der Waals surface area contributed by atoms with Crippen LogP contribution in [0.25, 0.3) is 0 Å². The van der Waals surface area contributed by atoms with E-state index in [0.29, 0.717) is 0 Å². The van der Waals surface area contributed by atoms with Crippen LogP contribution in [-0.4, -0.2) is 11.5 Å². The molecule has 0 aliphatic carbocycles. The predicted octanol–water partition coefficient (Wildman–Crippen LogP) is 2.33. The zero-order valence-corrected chi connectivity index (χ0v) is 10.1. The second-order valence-electron chi connectivity index (χ2n) is 2.69. The molecule has 13 heavy (non-hydrogen) atoms. The summed E-state index contributed by atoms with van der Waals surface area (Å²) in [5.74, 6) is 0. The number of hydrogen-bond acceptors (Lipinski definition) is 2. The molecule has 0 radical (unpaired) electrons. The molecule has 0 bridgehead atoms. The minimum atomic E-state index is 0. The first-order valence-electron chi connectivity index (χ1n) is 3.70. The molecule has 1 aliphatic heterocycles. The van der Waals surface area contributed by atoms with E-state index in [1.54, 1.807) is 0 Å². The van der Waals surface area contributed by atoms with E-state index in [1.807, 2.05) is 6.20 Å². The number of rotatable bonds is 0. The summed E-state index contributed by atoms with van der Waals surface area (Å²) >= 11 is 3.40. The van der Waals surface area contributed by atoms with E-state index in [4.69, 9.17) is 0 Å². The topological polar surface area (TPSA) is 24.9 Å². The summed E-state index contributed by atoms with van der Waals surface area (Å²) in [6.45, 7) is 2.02. The third kappa shape index (κ3) is 3.09. The van der Waals surface area contributed by atoms with Gasteiger partial charge in [-0.3, -0.25) is 4.98 Å². The van der Waals surface area contributed by atoms with Crippen LogP contribution in [-0.2, 0) is 13.0 Å². The van der Waals surface area contributed by atoms with Crippen LogP contribution >= 0.6 is 40.7 Å². The lowest BCUT2D eigenvalue weighted by Gasteiger charge is -2.15. The zero-order valence-electron chi connectivity index (χ0n) is 6.92. The summed E-state index contributed by atoms with van der Waals surface area (Å²) in [6.07, 6.45) is 2.92. The maximum Gasteiger partial charge on any atom is 0.0462 e. The average molecular weight is 286 g/mol. The molecule has 0 aromatic carbocycles. The molecule has 5 heteroatoms. The number of hydrogen-bond donors (Lipinski definition) is 1. The van der Waals surface area contributed by atoms with E-state index in [0.717, 1.165) is 24.0 Å². The fraction of sp³-hybridized carbons (Fsp3) is 0.375. The van der Waals surface area contributed by atoms with Crippen molar-refractivity contribution in [2.24, 2.45) is 0 Å². The second kappa shape index (κ2) is 5.81. The Morgan fingerprint density at radius 2 is 2.15 bits per heavy atom. The Labute approximate surface area is 98.5 Å². The third-order valence-corrected chi connectivity index (χ3v) is 2.31. The Morgan fingerprint density at radius 1 is 1.38 bits per heavy atom. The monoisotopic (exact) mass is 284 g/mol. The van der Waals surface area contributed by atoms with Crippen molar-refractivity contribution >= 4 is 40.7 Å². The number of halogens is 3. The molecule has 0 spiro atoms. The molecular weight excluding hydrogens is 275 g/mol. The van der Waals surface area contributed by atoms with Gasteiger partial charge >= 0.3 is 0 Å². The zero-order chi connectivity index (χ0) is 7.68. The molecular formula is C8H11BrCl2N2. The van der Waals surface area contributed by atoms with Gasteiger partial charge < -0.3 is 5.32 Å². The van der Waals surface area contributed by atoms with Crippen molar-refractivity contribution in [1.29, 1.82) is 0 Å². The van der Waals surface area contributed by atoms with Gasteiger partial charge in [0.1, 0.15) is 0 Å². The summed E-state index contributed by atoms with van der Waals surface area (Å²) in [7, 11) is 0. The quantitative estimate of drug-likeness (QED) is 0.791. The van der Waals surface area contributed by atoms with Crippen molar-refractivity contribution in [1.82, 2.24) is 10.3 Å². The Bertz CT molecular complexity index is 281. The van der Waals surface area contributed by atoms with E-state index in [9.17, 15) is 0 Å². The second-order valence-corrected chi connectivity index (χ2v) is 3.60. The fourth-order valence-corrected chi connectivity index (χ4v) is 1.70. The molecule has 1 aromatic heterocycles. The first-order valence-corrected chi connectivity index (χ1v) is 4.49. The minimum Gasteiger partial charge on any atom is -0.312 e. The van der Waals surface area contributed by atoms with Crippen LogP contribution in [0.3, 0.4) is 0 Å². The number of nitrogens with zero attached hydrogens (tertiary/aromatic N) is 1. The highest BCUT2D eigenvalue weighted by Crippen LogP contribution is 2.16. The van der Waals surface area contributed by atoms with Crippen LogP contribution < -0.4 is 5.32 Å².